The molecule has 0 bridgehead atoms. The fourth-order valence-electron chi connectivity index (χ4n) is 2.60. The van der Waals surface area contributed by atoms with Crippen LogP contribution in [0.2, 0.25) is 0 Å². The van der Waals surface area contributed by atoms with Crippen molar-refractivity contribution in [1.82, 2.24) is 4.90 Å². The highest BCUT2D eigenvalue weighted by molar-refractivity contribution is 6.32. The van der Waals surface area contributed by atoms with Crippen molar-refractivity contribution >= 4 is 23.4 Å². The van der Waals surface area contributed by atoms with Gasteiger partial charge in [-0.15, -0.1) is 0 Å². The molecule has 0 aromatic heterocycles. The Hall–Kier alpha value is -1.69. The van der Waals surface area contributed by atoms with Crippen LogP contribution in [-0.2, 0) is 9.59 Å². The maximum absolute atomic E-state index is 14.2. The van der Waals surface area contributed by atoms with E-state index in [1.807, 2.05) is 0 Å². The summed E-state index contributed by atoms with van der Waals surface area (Å²) in [5, 5.41) is 8.40. The fourth-order valence-corrected chi connectivity index (χ4v) is 2.77. The summed E-state index contributed by atoms with van der Waals surface area (Å²) < 4.78 is 27.7. The molecule has 0 aromatic rings. The quantitative estimate of drug-likeness (QED) is 0.795. The second kappa shape index (κ2) is 4.41. The van der Waals surface area contributed by atoms with Crippen LogP contribution >= 0.6 is 11.6 Å². The van der Waals surface area contributed by atoms with Crippen molar-refractivity contribution in [2.75, 3.05) is 0 Å². The number of rotatable bonds is 2. The van der Waals surface area contributed by atoms with E-state index in [-0.39, 0.29) is 6.04 Å². The second-order valence-electron chi connectivity index (χ2n) is 5.04. The van der Waals surface area contributed by atoms with Crippen molar-refractivity contribution in [3.63, 3.8) is 0 Å². The van der Waals surface area contributed by atoms with Crippen LogP contribution < -0.4 is 0 Å². The third kappa shape index (κ3) is 1.86. The zero-order chi connectivity index (χ0) is 14.6. The first kappa shape index (κ1) is 13.3. The molecule has 4 nitrogen and oxygen atoms in total. The number of allylic oxidation sites excluding steroid dienone is 2. The van der Waals surface area contributed by atoms with E-state index in [1.54, 1.807) is 0 Å². The van der Waals surface area contributed by atoms with E-state index in [1.165, 1.54) is 4.90 Å². The number of ketones is 1. The molecule has 0 radical (unpaired) electrons. The number of Topliss-reactive ketones (excluding diaryl/α,β-unsaturated/α-hetero) is 1. The minimum absolute atomic E-state index is 0.0327. The van der Waals surface area contributed by atoms with E-state index in [0.717, 1.165) is 25.1 Å². The van der Waals surface area contributed by atoms with Crippen molar-refractivity contribution in [3.8, 4) is 0 Å². The molecule has 1 fully saturated rings. The molecule has 2 unspecified atom stereocenters. The molecule has 1 aliphatic heterocycles. The summed E-state index contributed by atoms with van der Waals surface area (Å²) >= 11 is 5.56. The first-order valence-corrected chi connectivity index (χ1v) is 6.49. The second-order valence-corrected chi connectivity index (χ2v) is 5.42. The number of hydrogen-bond donors (Lipinski definition) is 1. The molecule has 0 saturated heterocycles. The largest absolute Gasteiger partial charge is 0.478 e. The van der Waals surface area contributed by atoms with Gasteiger partial charge in [-0.1, -0.05) is 11.6 Å². The molecular formula is C13H10ClF2NO3. The molecule has 7 heteroatoms. The van der Waals surface area contributed by atoms with E-state index in [0.29, 0.717) is 0 Å². The van der Waals surface area contributed by atoms with E-state index in [4.69, 9.17) is 16.7 Å². The summed E-state index contributed by atoms with van der Waals surface area (Å²) in [4.78, 5) is 24.6. The lowest BCUT2D eigenvalue weighted by Gasteiger charge is -2.39. The number of halogens is 3. The van der Waals surface area contributed by atoms with Crippen LogP contribution in [-0.4, -0.2) is 33.8 Å². The van der Waals surface area contributed by atoms with Gasteiger partial charge in [0.2, 0.25) is 0 Å². The molecule has 2 aliphatic carbocycles. The van der Waals surface area contributed by atoms with Gasteiger partial charge in [0, 0.05) is 12.2 Å². The molecule has 3 rings (SSSR count). The fraction of sp³-hybridized carbons (Fsp3) is 0.385. The van der Waals surface area contributed by atoms with Gasteiger partial charge in [-0.3, -0.25) is 4.79 Å². The van der Waals surface area contributed by atoms with E-state index >= 15 is 0 Å². The molecule has 0 amide bonds. The van der Waals surface area contributed by atoms with Gasteiger partial charge in [0.05, 0.1) is 12.0 Å². The van der Waals surface area contributed by atoms with E-state index in [9.17, 15) is 18.4 Å². The number of carboxylic acid groups (broad SMARTS) is 1. The van der Waals surface area contributed by atoms with Crippen LogP contribution in [0.3, 0.4) is 0 Å². The van der Waals surface area contributed by atoms with Gasteiger partial charge in [-0.05, 0) is 18.9 Å². The zero-order valence-electron chi connectivity index (χ0n) is 10.1. The topological polar surface area (TPSA) is 57.6 Å². The van der Waals surface area contributed by atoms with Gasteiger partial charge in [0.1, 0.15) is 22.3 Å². The summed E-state index contributed by atoms with van der Waals surface area (Å²) in [6.07, 6.45) is 3.61. The molecule has 1 heterocycles. The smallest absolute Gasteiger partial charge is 0.340 e. The van der Waals surface area contributed by atoms with Crippen LogP contribution in [0.25, 0.3) is 0 Å². The maximum Gasteiger partial charge on any atom is 0.340 e. The lowest BCUT2D eigenvalue weighted by molar-refractivity contribution is -0.136. The van der Waals surface area contributed by atoms with Gasteiger partial charge in [-0.2, -0.15) is 0 Å². The summed E-state index contributed by atoms with van der Waals surface area (Å²) in [5.74, 6) is -5.32. The third-order valence-corrected chi connectivity index (χ3v) is 4.07. The molecule has 3 aliphatic rings. The molecule has 0 spiro atoms. The van der Waals surface area contributed by atoms with Crippen LogP contribution in [0.15, 0.2) is 34.5 Å². The van der Waals surface area contributed by atoms with Crippen LogP contribution in [0.1, 0.15) is 12.8 Å². The van der Waals surface area contributed by atoms with E-state index < -0.39 is 46.0 Å². The normalized spacial score (nSPS) is 29.9. The molecule has 1 N–H and O–H groups in total. The Labute approximate surface area is 118 Å². The number of carbonyl (C=O) groups is 2. The Morgan fingerprint density at radius 2 is 2.05 bits per heavy atom. The van der Waals surface area contributed by atoms with Crippen LogP contribution in [0.5, 0.6) is 0 Å². The minimum atomic E-state index is -1.39. The first-order chi connectivity index (χ1) is 9.41. The van der Waals surface area contributed by atoms with Crippen molar-refractivity contribution in [2.24, 2.45) is 5.92 Å². The standard InChI is InChI=1S/C13H10ClF2NO3/c14-9-8(15)3-6-11(10(9)16)17(5-1-2-5)4-7(12(6)18)13(19)20/h3-6,11H,1-2H2,(H,19,20). The summed E-state index contributed by atoms with van der Waals surface area (Å²) in [7, 11) is 0. The van der Waals surface area contributed by atoms with Gasteiger partial charge in [-0.25, -0.2) is 13.6 Å². The minimum Gasteiger partial charge on any atom is -0.478 e. The number of nitrogens with zero attached hydrogens (tertiary/aromatic N) is 1. The Balaban J connectivity index is 2.12. The number of carbonyl (C=O) groups excluding carboxylic acids is 1. The summed E-state index contributed by atoms with van der Waals surface area (Å²) in [5.41, 5.74) is -0.451. The monoisotopic (exact) mass is 301 g/mol. The van der Waals surface area contributed by atoms with Gasteiger partial charge in [0.25, 0.3) is 0 Å². The summed E-state index contributed by atoms with van der Waals surface area (Å²) in [6, 6.07) is -1.07. The number of carboxylic acids is 1. The summed E-state index contributed by atoms with van der Waals surface area (Å²) in [6.45, 7) is 0. The molecule has 106 valence electrons. The average Bonchev–Trinajstić information content (AvgIpc) is 3.21. The van der Waals surface area contributed by atoms with Crippen molar-refractivity contribution < 1.29 is 23.5 Å². The molecule has 0 aromatic carbocycles. The van der Waals surface area contributed by atoms with Gasteiger partial charge in [0.15, 0.2) is 5.78 Å². The highest BCUT2D eigenvalue weighted by Gasteiger charge is 2.48. The van der Waals surface area contributed by atoms with Crippen molar-refractivity contribution in [2.45, 2.75) is 24.9 Å². The average molecular weight is 302 g/mol. The lowest BCUT2D eigenvalue weighted by atomic mass is 9.83. The Kier molecular flexibility index (Phi) is 2.93. The lowest BCUT2D eigenvalue weighted by Crippen LogP contribution is -2.48. The predicted octanol–water partition coefficient (Wildman–Crippen LogP) is 2.27. The Morgan fingerprint density at radius 3 is 2.60 bits per heavy atom. The van der Waals surface area contributed by atoms with Crippen molar-refractivity contribution in [1.29, 1.82) is 0 Å². The highest BCUT2D eigenvalue weighted by Crippen LogP contribution is 2.44. The first-order valence-electron chi connectivity index (χ1n) is 6.11. The molecule has 1 saturated carbocycles. The molecule has 20 heavy (non-hydrogen) atoms. The van der Waals surface area contributed by atoms with Crippen molar-refractivity contribution in [3.05, 3.63) is 34.5 Å². The zero-order valence-corrected chi connectivity index (χ0v) is 10.9. The van der Waals surface area contributed by atoms with Crippen LogP contribution in [0.4, 0.5) is 8.78 Å². The number of fused-ring (bicyclic) bond motifs is 1. The highest BCUT2D eigenvalue weighted by atomic mass is 35.5. The van der Waals surface area contributed by atoms with Crippen LogP contribution in [0, 0.1) is 5.92 Å². The molecular weight excluding hydrogens is 292 g/mol. The Morgan fingerprint density at radius 1 is 1.40 bits per heavy atom. The number of aliphatic carboxylic acids is 1. The maximum atomic E-state index is 14.2. The number of hydrogen-bond acceptors (Lipinski definition) is 3. The van der Waals surface area contributed by atoms with E-state index in [2.05, 4.69) is 0 Å². The SMILES string of the molecule is O=C(O)C1=CN(C2CC2)C2C(F)=C(Cl)C(F)=CC2C1=O. The third-order valence-electron chi connectivity index (χ3n) is 3.71. The Bertz CT molecular complexity index is 607. The predicted molar refractivity (Wildman–Crippen MR) is 66.0 cm³/mol. The molecule has 2 atom stereocenters. The van der Waals surface area contributed by atoms with Gasteiger partial charge >= 0.3 is 5.97 Å². The van der Waals surface area contributed by atoms with Gasteiger partial charge < -0.3 is 10.0 Å².